The summed E-state index contributed by atoms with van der Waals surface area (Å²) in [7, 11) is 2.08. The molecule has 2 saturated heterocycles. The normalized spacial score (nSPS) is 20.5. The highest BCUT2D eigenvalue weighted by Crippen LogP contribution is 2.35. The van der Waals surface area contributed by atoms with E-state index >= 15 is 0 Å². The van der Waals surface area contributed by atoms with Crippen LogP contribution in [0.1, 0.15) is 59.2 Å². The minimum atomic E-state index is -0.866. The van der Waals surface area contributed by atoms with Crippen molar-refractivity contribution in [2.24, 2.45) is 7.05 Å². The zero-order valence-corrected chi connectivity index (χ0v) is 33.7. The monoisotopic (exact) mass is 820 g/mol. The second-order valence-electron chi connectivity index (χ2n) is 16.0. The average molecular weight is 821 g/mol. The van der Waals surface area contributed by atoms with Gasteiger partial charge in [0.15, 0.2) is 5.82 Å². The summed E-state index contributed by atoms with van der Waals surface area (Å²) in [6.07, 6.45) is 11.9. The molecule has 15 nitrogen and oxygen atoms in total. The number of nitrogens with zero attached hydrogens (tertiary/aromatic N) is 7. The number of hydrogen-bond donors (Lipinski definition) is 1. The van der Waals surface area contributed by atoms with Crippen LogP contribution in [0.4, 0.5) is 5.82 Å². The van der Waals surface area contributed by atoms with Gasteiger partial charge in [0.25, 0.3) is 11.8 Å². The lowest BCUT2D eigenvalue weighted by Gasteiger charge is -2.39. The first-order chi connectivity index (χ1) is 29.8. The van der Waals surface area contributed by atoms with Crippen LogP contribution in [0.3, 0.4) is 0 Å². The molecule has 4 aromatic heterocycles. The average Bonchev–Trinajstić information content (AvgIpc) is 3.69. The summed E-state index contributed by atoms with van der Waals surface area (Å²) in [5.74, 6) is 0.948. The zero-order valence-electron chi connectivity index (χ0n) is 33.7. The van der Waals surface area contributed by atoms with E-state index in [9.17, 15) is 14.4 Å². The number of benzene rings is 2. The summed E-state index contributed by atoms with van der Waals surface area (Å²) in [5.41, 5.74) is 5.50. The minimum absolute atomic E-state index is 0.0839. The van der Waals surface area contributed by atoms with Crippen LogP contribution in [-0.2, 0) is 16.6 Å². The van der Waals surface area contributed by atoms with Gasteiger partial charge in [-0.15, -0.1) is 5.10 Å². The van der Waals surface area contributed by atoms with E-state index in [1.807, 2.05) is 36.8 Å². The van der Waals surface area contributed by atoms with E-state index in [4.69, 9.17) is 18.9 Å². The summed E-state index contributed by atoms with van der Waals surface area (Å²) in [6.45, 7) is 5.76. The molecule has 1 unspecified atom stereocenters. The lowest BCUT2D eigenvalue weighted by Crippen LogP contribution is -2.51. The summed E-state index contributed by atoms with van der Waals surface area (Å²) >= 11 is 0. The van der Waals surface area contributed by atoms with Crippen molar-refractivity contribution in [3.8, 4) is 28.5 Å². The SMILES string of the molecule is C=C1CCC(N2C(=O)c3ccc(OCCOc4cnnc(N5CCC(OC6CC(Oc7ccc(-c8ccc9c%10cnccc%10n(C)c9c8)cn7)C6)CC5)c4)cc3C2=O)C(=O)N1. The van der Waals surface area contributed by atoms with Crippen LogP contribution in [0.2, 0.25) is 0 Å². The van der Waals surface area contributed by atoms with E-state index < -0.39 is 23.8 Å². The van der Waals surface area contributed by atoms with E-state index in [-0.39, 0.29) is 42.7 Å². The molecule has 7 heterocycles. The number of aromatic nitrogens is 5. The van der Waals surface area contributed by atoms with Crippen LogP contribution in [0, 0.1) is 0 Å². The Hall–Kier alpha value is -6.87. The lowest BCUT2D eigenvalue weighted by molar-refractivity contribution is -0.125. The predicted octanol–water partition coefficient (Wildman–Crippen LogP) is 6.02. The molecule has 4 aliphatic rings. The number of carbonyl (C=O) groups is 3. The molecule has 1 aliphatic carbocycles. The summed E-state index contributed by atoms with van der Waals surface area (Å²) in [4.78, 5) is 50.9. The van der Waals surface area contributed by atoms with Crippen LogP contribution in [0.15, 0.2) is 97.7 Å². The fourth-order valence-electron chi connectivity index (χ4n) is 8.75. The zero-order chi connectivity index (χ0) is 41.6. The fraction of sp³-hybridized carbons (Fsp3) is 0.326. The first-order valence-corrected chi connectivity index (χ1v) is 20.7. The molecule has 6 aromatic rings. The van der Waals surface area contributed by atoms with Gasteiger partial charge in [-0.2, -0.15) is 5.10 Å². The molecule has 0 spiro atoms. The van der Waals surface area contributed by atoms with Crippen molar-refractivity contribution in [2.45, 2.75) is 62.9 Å². The Bertz CT molecular complexity index is 2690. The smallest absolute Gasteiger partial charge is 0.262 e. The number of pyridine rings is 2. The Morgan fingerprint density at radius 3 is 2.38 bits per heavy atom. The van der Waals surface area contributed by atoms with Crippen LogP contribution in [0.25, 0.3) is 32.9 Å². The molecule has 1 atom stereocenters. The molecule has 0 bridgehead atoms. The molecule has 10 rings (SSSR count). The van der Waals surface area contributed by atoms with Gasteiger partial charge in [-0.1, -0.05) is 18.7 Å². The van der Waals surface area contributed by atoms with Gasteiger partial charge in [0.1, 0.15) is 36.9 Å². The Labute approximate surface area is 351 Å². The van der Waals surface area contributed by atoms with Gasteiger partial charge in [0, 0.05) is 91.3 Å². The van der Waals surface area contributed by atoms with Gasteiger partial charge in [-0.25, -0.2) is 4.98 Å². The van der Waals surface area contributed by atoms with Gasteiger partial charge in [-0.3, -0.25) is 24.3 Å². The number of rotatable bonds is 12. The van der Waals surface area contributed by atoms with Gasteiger partial charge in [0.05, 0.1) is 35.0 Å². The number of amides is 3. The maximum absolute atomic E-state index is 13.2. The molecule has 0 radical (unpaired) electrons. The standard InChI is InChI=1S/C46H44N8O7/c1-27-3-9-40(44(55)50-27)54-45(56)36-8-6-31(22-37(36)46(54)57)58-17-18-59-34-23-42(51-49-25-34)53-15-12-30(13-16-53)60-32-20-33(21-32)61-43-10-5-29(24-48-43)28-4-7-35-38-26-47-14-11-39(38)52(2)41(35)19-28/h4-8,10-11,14,19,22-26,30,32-33,40H,1,3,9,12-13,15-18,20-21H2,2H3,(H,50,55). The Balaban J connectivity index is 0.648. The Kier molecular flexibility index (Phi) is 10.0. The van der Waals surface area contributed by atoms with Gasteiger partial charge in [-0.05, 0) is 67.6 Å². The van der Waals surface area contributed by atoms with Crippen LogP contribution in [0.5, 0.6) is 17.4 Å². The molecule has 2 aromatic carbocycles. The third kappa shape index (κ3) is 7.50. The molecule has 1 saturated carbocycles. The predicted molar refractivity (Wildman–Crippen MR) is 225 cm³/mol. The number of imide groups is 1. The van der Waals surface area contributed by atoms with Gasteiger partial charge < -0.3 is 33.7 Å². The van der Waals surface area contributed by atoms with Crippen molar-refractivity contribution in [1.82, 2.24) is 34.9 Å². The van der Waals surface area contributed by atoms with Gasteiger partial charge in [0.2, 0.25) is 11.8 Å². The molecule has 1 N–H and O–H groups in total. The van der Waals surface area contributed by atoms with Gasteiger partial charge >= 0.3 is 0 Å². The van der Waals surface area contributed by atoms with E-state index in [1.54, 1.807) is 18.3 Å². The first-order valence-electron chi connectivity index (χ1n) is 20.7. The molecular weight excluding hydrogens is 777 g/mol. The lowest BCUT2D eigenvalue weighted by atomic mass is 9.91. The van der Waals surface area contributed by atoms with E-state index in [1.165, 1.54) is 11.5 Å². The maximum atomic E-state index is 13.2. The maximum Gasteiger partial charge on any atom is 0.262 e. The number of hydrogen-bond acceptors (Lipinski definition) is 12. The third-order valence-electron chi connectivity index (χ3n) is 12.1. The Morgan fingerprint density at radius 2 is 1.57 bits per heavy atom. The molecule has 15 heteroatoms. The summed E-state index contributed by atoms with van der Waals surface area (Å²) < 4.78 is 26.7. The second-order valence-corrected chi connectivity index (χ2v) is 16.0. The third-order valence-corrected chi connectivity index (χ3v) is 12.1. The molecular formula is C46H44N8O7. The van der Waals surface area contributed by atoms with Crippen molar-refractivity contribution < 1.29 is 33.3 Å². The van der Waals surface area contributed by atoms with Crippen molar-refractivity contribution in [3.63, 3.8) is 0 Å². The number of carbonyl (C=O) groups excluding carboxylic acids is 3. The number of piperidine rings is 2. The van der Waals surface area contributed by atoms with Crippen LogP contribution < -0.4 is 24.4 Å². The molecule has 3 aliphatic heterocycles. The second kappa shape index (κ2) is 16.0. The number of anilines is 1. The highest BCUT2D eigenvalue weighted by Gasteiger charge is 2.44. The molecule has 61 heavy (non-hydrogen) atoms. The number of fused-ring (bicyclic) bond motifs is 4. The topological polar surface area (TPSA) is 163 Å². The molecule has 310 valence electrons. The quantitative estimate of drug-likeness (QED) is 0.113. The molecule has 3 amide bonds. The van der Waals surface area contributed by atoms with Crippen molar-refractivity contribution in [1.29, 1.82) is 0 Å². The number of nitrogens with one attached hydrogen (secondary N) is 1. The summed E-state index contributed by atoms with van der Waals surface area (Å²) in [6, 6.07) is 18.3. The van der Waals surface area contributed by atoms with Crippen molar-refractivity contribution in [3.05, 3.63) is 109 Å². The van der Waals surface area contributed by atoms with Crippen LogP contribution in [-0.4, -0.2) is 98.0 Å². The van der Waals surface area contributed by atoms with E-state index in [0.717, 1.165) is 77.0 Å². The highest BCUT2D eigenvalue weighted by molar-refractivity contribution is 6.23. The fourth-order valence-corrected chi connectivity index (χ4v) is 8.75. The summed E-state index contributed by atoms with van der Waals surface area (Å²) in [5, 5.41) is 13.5. The van der Waals surface area contributed by atoms with Crippen LogP contribution >= 0.6 is 0 Å². The van der Waals surface area contributed by atoms with E-state index in [0.29, 0.717) is 35.9 Å². The Morgan fingerprint density at radius 1 is 0.770 bits per heavy atom. The van der Waals surface area contributed by atoms with Crippen molar-refractivity contribution >= 4 is 45.3 Å². The minimum Gasteiger partial charge on any atom is -0.490 e. The van der Waals surface area contributed by atoms with E-state index in [2.05, 4.69) is 72.8 Å². The largest absolute Gasteiger partial charge is 0.490 e. The number of ether oxygens (including phenoxy) is 4. The number of allylic oxidation sites excluding steroid dienone is 1. The van der Waals surface area contributed by atoms with Crippen molar-refractivity contribution in [2.75, 3.05) is 31.2 Å². The first kappa shape index (κ1) is 38.3. The molecule has 3 fully saturated rings. The number of aryl methyl sites for hydroxylation is 1. The highest BCUT2D eigenvalue weighted by atomic mass is 16.5.